The molecule has 1 aliphatic carbocycles. The van der Waals surface area contributed by atoms with Crippen LogP contribution in [0, 0.1) is 5.92 Å². The van der Waals surface area contributed by atoms with Gasteiger partial charge in [-0.25, -0.2) is 0 Å². The van der Waals surface area contributed by atoms with Gasteiger partial charge in [-0.2, -0.15) is 0 Å². The Morgan fingerprint density at radius 2 is 1.84 bits per heavy atom. The average molecular weight is 269 g/mol. The first-order valence-corrected chi connectivity index (χ1v) is 8.49. The van der Waals surface area contributed by atoms with E-state index in [1.54, 1.807) is 0 Å². The molecule has 0 aromatic heterocycles. The highest BCUT2D eigenvalue weighted by Gasteiger charge is 2.40. The zero-order valence-electron chi connectivity index (χ0n) is 13.6. The lowest BCUT2D eigenvalue weighted by Crippen LogP contribution is -2.53. The Morgan fingerprint density at radius 3 is 2.37 bits per heavy atom. The fourth-order valence-electron chi connectivity index (χ4n) is 3.58. The van der Waals surface area contributed by atoms with Gasteiger partial charge < -0.3 is 10.1 Å². The molecule has 1 unspecified atom stereocenters. The number of hydrogen-bond donors (Lipinski definition) is 1. The summed E-state index contributed by atoms with van der Waals surface area (Å²) in [6, 6.07) is 0.539. The molecule has 2 nitrogen and oxygen atoms in total. The number of nitrogens with one attached hydrogen (secondary N) is 1. The molecule has 1 fully saturated rings. The molecule has 0 amide bonds. The minimum absolute atomic E-state index is 0.113. The second kappa shape index (κ2) is 8.97. The van der Waals surface area contributed by atoms with Crippen molar-refractivity contribution in [2.24, 2.45) is 5.92 Å². The van der Waals surface area contributed by atoms with Crippen LogP contribution in [0.4, 0.5) is 0 Å². The van der Waals surface area contributed by atoms with Crippen molar-refractivity contribution in [3.8, 4) is 0 Å². The number of likely N-dealkylation sites (N-methyl/N-ethyl adjacent to an activating group) is 1. The van der Waals surface area contributed by atoms with Gasteiger partial charge in [0.1, 0.15) is 0 Å². The molecule has 0 saturated heterocycles. The van der Waals surface area contributed by atoms with Crippen molar-refractivity contribution in [1.82, 2.24) is 5.32 Å². The Labute approximate surface area is 120 Å². The van der Waals surface area contributed by atoms with Gasteiger partial charge in [0, 0.05) is 12.6 Å². The van der Waals surface area contributed by atoms with Gasteiger partial charge in [0.05, 0.1) is 5.60 Å². The van der Waals surface area contributed by atoms with E-state index in [-0.39, 0.29) is 5.60 Å². The highest BCUT2D eigenvalue weighted by atomic mass is 16.5. The maximum Gasteiger partial charge on any atom is 0.0834 e. The molecule has 1 saturated carbocycles. The molecule has 19 heavy (non-hydrogen) atoms. The van der Waals surface area contributed by atoms with Gasteiger partial charge >= 0.3 is 0 Å². The Morgan fingerprint density at radius 1 is 1.16 bits per heavy atom. The van der Waals surface area contributed by atoms with Crippen molar-refractivity contribution < 1.29 is 4.74 Å². The summed E-state index contributed by atoms with van der Waals surface area (Å²) >= 11 is 0. The first-order chi connectivity index (χ1) is 9.18. The lowest BCUT2D eigenvalue weighted by Gasteiger charge is -2.45. The Bertz CT molecular complexity index is 221. The van der Waals surface area contributed by atoms with Crippen LogP contribution in [0.1, 0.15) is 78.6 Å². The smallest absolute Gasteiger partial charge is 0.0834 e. The van der Waals surface area contributed by atoms with Crippen molar-refractivity contribution in [3.63, 3.8) is 0 Å². The van der Waals surface area contributed by atoms with Crippen molar-refractivity contribution in [1.29, 1.82) is 0 Å². The van der Waals surface area contributed by atoms with Gasteiger partial charge in [-0.1, -0.05) is 39.5 Å². The summed E-state index contributed by atoms with van der Waals surface area (Å²) in [5, 5.41) is 3.56. The third-order valence-electron chi connectivity index (χ3n) is 4.88. The second-order valence-electron chi connectivity index (χ2n) is 6.37. The highest BCUT2D eigenvalue weighted by molar-refractivity contribution is 4.96. The van der Waals surface area contributed by atoms with Crippen LogP contribution >= 0.6 is 0 Å². The van der Waals surface area contributed by atoms with Gasteiger partial charge in [-0.15, -0.1) is 0 Å². The summed E-state index contributed by atoms with van der Waals surface area (Å²) in [4.78, 5) is 0. The van der Waals surface area contributed by atoms with E-state index in [0.717, 1.165) is 12.5 Å². The zero-order chi connectivity index (χ0) is 14.1. The Hall–Kier alpha value is -0.0800. The lowest BCUT2D eigenvalue weighted by molar-refractivity contribution is -0.0967. The van der Waals surface area contributed by atoms with E-state index in [1.807, 2.05) is 0 Å². The van der Waals surface area contributed by atoms with Crippen LogP contribution in [-0.2, 0) is 4.74 Å². The molecule has 0 spiro atoms. The standard InChI is InChI=1S/C17H35NO/c1-5-7-8-9-10-16(18-4)17(19-6-2)13-11-15(3)12-14-17/h15-16,18H,5-14H2,1-4H3. The summed E-state index contributed by atoms with van der Waals surface area (Å²) in [7, 11) is 2.11. The normalized spacial score (nSPS) is 29.4. The van der Waals surface area contributed by atoms with Gasteiger partial charge in [0.2, 0.25) is 0 Å². The van der Waals surface area contributed by atoms with Crippen molar-refractivity contribution >= 4 is 0 Å². The number of unbranched alkanes of at least 4 members (excludes halogenated alkanes) is 3. The van der Waals surface area contributed by atoms with E-state index in [4.69, 9.17) is 4.74 Å². The van der Waals surface area contributed by atoms with E-state index in [9.17, 15) is 0 Å². The molecule has 114 valence electrons. The SMILES string of the molecule is CCCCCCC(NC)C1(OCC)CCC(C)CC1. The van der Waals surface area contributed by atoms with E-state index in [2.05, 4.69) is 33.1 Å². The monoisotopic (exact) mass is 269 g/mol. The van der Waals surface area contributed by atoms with Crippen molar-refractivity contribution in [3.05, 3.63) is 0 Å². The third kappa shape index (κ3) is 5.07. The molecule has 1 rings (SSSR count). The molecule has 0 aromatic carbocycles. The first-order valence-electron chi connectivity index (χ1n) is 8.49. The molecular weight excluding hydrogens is 234 g/mol. The number of rotatable bonds is 9. The van der Waals surface area contributed by atoms with Gasteiger partial charge in [-0.3, -0.25) is 0 Å². The van der Waals surface area contributed by atoms with Crippen LogP contribution in [0.2, 0.25) is 0 Å². The first kappa shape index (κ1) is 17.0. The van der Waals surface area contributed by atoms with E-state index >= 15 is 0 Å². The second-order valence-corrected chi connectivity index (χ2v) is 6.37. The maximum absolute atomic E-state index is 6.27. The fraction of sp³-hybridized carbons (Fsp3) is 1.00. The molecule has 1 atom stereocenters. The van der Waals surface area contributed by atoms with Crippen LogP contribution in [0.15, 0.2) is 0 Å². The summed E-state index contributed by atoms with van der Waals surface area (Å²) in [6.45, 7) is 7.65. The summed E-state index contributed by atoms with van der Waals surface area (Å²) in [6.07, 6.45) is 11.8. The molecule has 0 radical (unpaired) electrons. The van der Waals surface area contributed by atoms with Gasteiger partial charge in [0.15, 0.2) is 0 Å². The maximum atomic E-state index is 6.27. The van der Waals surface area contributed by atoms with Crippen LogP contribution in [-0.4, -0.2) is 25.3 Å². The van der Waals surface area contributed by atoms with E-state index in [0.29, 0.717) is 6.04 Å². The predicted octanol–water partition coefficient (Wildman–Crippen LogP) is 4.53. The van der Waals surface area contributed by atoms with Crippen molar-refractivity contribution in [2.45, 2.75) is 90.2 Å². The molecule has 0 heterocycles. The fourth-order valence-corrected chi connectivity index (χ4v) is 3.58. The average Bonchev–Trinajstić information content (AvgIpc) is 2.42. The minimum atomic E-state index is 0.113. The van der Waals surface area contributed by atoms with Gasteiger partial charge in [0.25, 0.3) is 0 Å². The van der Waals surface area contributed by atoms with Crippen LogP contribution in [0.5, 0.6) is 0 Å². The van der Waals surface area contributed by atoms with Gasteiger partial charge in [-0.05, 0) is 52.0 Å². The summed E-state index contributed by atoms with van der Waals surface area (Å²) in [5.74, 6) is 0.881. The van der Waals surface area contributed by atoms with Crippen molar-refractivity contribution in [2.75, 3.05) is 13.7 Å². The molecule has 1 N–H and O–H groups in total. The minimum Gasteiger partial charge on any atom is -0.374 e. The topological polar surface area (TPSA) is 21.3 Å². The molecule has 1 aliphatic rings. The Kier molecular flexibility index (Phi) is 8.01. The van der Waals surface area contributed by atoms with Crippen LogP contribution in [0.25, 0.3) is 0 Å². The number of hydrogen-bond acceptors (Lipinski definition) is 2. The molecule has 2 heteroatoms. The quantitative estimate of drug-likeness (QED) is 0.621. The van der Waals surface area contributed by atoms with Crippen LogP contribution in [0.3, 0.4) is 0 Å². The largest absolute Gasteiger partial charge is 0.374 e. The number of ether oxygens (including phenoxy) is 1. The molecule has 0 aromatic rings. The third-order valence-corrected chi connectivity index (χ3v) is 4.88. The highest BCUT2D eigenvalue weighted by Crippen LogP contribution is 2.38. The predicted molar refractivity (Wildman–Crippen MR) is 83.6 cm³/mol. The van der Waals surface area contributed by atoms with Crippen LogP contribution < -0.4 is 5.32 Å². The summed E-state index contributed by atoms with van der Waals surface area (Å²) in [5.41, 5.74) is 0.113. The summed E-state index contributed by atoms with van der Waals surface area (Å²) < 4.78 is 6.27. The lowest BCUT2D eigenvalue weighted by atomic mass is 9.74. The zero-order valence-corrected chi connectivity index (χ0v) is 13.6. The molecular formula is C17H35NO. The van der Waals surface area contributed by atoms with E-state index < -0.39 is 0 Å². The Balaban J connectivity index is 2.55. The molecule has 0 bridgehead atoms. The van der Waals surface area contributed by atoms with E-state index in [1.165, 1.54) is 57.8 Å². The molecule has 0 aliphatic heterocycles.